The van der Waals surface area contributed by atoms with E-state index in [0.29, 0.717) is 28.0 Å². The van der Waals surface area contributed by atoms with Gasteiger partial charge >= 0.3 is 0 Å². The summed E-state index contributed by atoms with van der Waals surface area (Å²) in [4.78, 5) is 57.4. The second kappa shape index (κ2) is 12.2. The molecule has 4 aliphatic rings. The minimum absolute atomic E-state index is 0.0120. The first kappa shape index (κ1) is 35.9. The second-order valence-electron chi connectivity index (χ2n) is 15.3. The number of phenolic OH excluding ortho intramolecular Hbond substituents is 3. The van der Waals surface area contributed by atoms with Crippen LogP contribution in [0.5, 0.6) is 34.5 Å². The zero-order valence-corrected chi connectivity index (χ0v) is 31.0. The van der Waals surface area contributed by atoms with Crippen LogP contribution in [0.25, 0.3) is 22.6 Å². The van der Waals surface area contributed by atoms with Gasteiger partial charge in [-0.1, -0.05) is 29.9 Å². The molecule has 0 amide bonds. The number of aryl methyl sites for hydroxylation is 1. The Bertz CT molecular complexity index is 2570. The van der Waals surface area contributed by atoms with E-state index in [9.17, 15) is 34.8 Å². The highest BCUT2D eigenvalue weighted by Crippen LogP contribution is 2.55. The minimum Gasteiger partial charge on any atom is -0.508 e. The van der Waals surface area contributed by atoms with Gasteiger partial charge in [-0.25, -0.2) is 0 Å². The summed E-state index contributed by atoms with van der Waals surface area (Å²) >= 11 is 0. The third kappa shape index (κ3) is 5.30. The van der Waals surface area contributed by atoms with Crippen molar-refractivity contribution in [3.63, 3.8) is 0 Å². The van der Waals surface area contributed by atoms with Crippen LogP contribution in [-0.4, -0.2) is 60.7 Å². The van der Waals surface area contributed by atoms with Gasteiger partial charge in [-0.2, -0.15) is 0 Å². The molecule has 0 radical (unpaired) electrons. The van der Waals surface area contributed by atoms with Gasteiger partial charge in [-0.15, -0.1) is 0 Å². The molecule has 8 rings (SSSR count). The van der Waals surface area contributed by atoms with Gasteiger partial charge in [0.15, 0.2) is 28.4 Å². The van der Waals surface area contributed by atoms with Gasteiger partial charge in [0.05, 0.1) is 35.9 Å². The van der Waals surface area contributed by atoms with E-state index in [2.05, 4.69) is 0 Å². The Morgan fingerprint density at radius 1 is 1.02 bits per heavy atom. The Balaban J connectivity index is 1.41. The van der Waals surface area contributed by atoms with E-state index in [-0.39, 0.29) is 62.8 Å². The fourth-order valence-corrected chi connectivity index (χ4v) is 8.60. The third-order valence-corrected chi connectivity index (χ3v) is 11.3. The number of methoxy groups -OCH3 is 1. The minimum atomic E-state index is -2.62. The van der Waals surface area contributed by atoms with Crippen molar-refractivity contribution in [1.29, 1.82) is 0 Å². The number of fused-ring (bicyclic) bond motifs is 7. The number of benzene rings is 3. The Morgan fingerprint density at radius 2 is 1.73 bits per heavy atom. The monoisotopic (exact) mass is 745 g/mol. The fourth-order valence-electron chi connectivity index (χ4n) is 8.60. The number of aliphatic hydroxyl groups is 1. The maximum atomic E-state index is 15.1. The van der Waals surface area contributed by atoms with Crippen LogP contribution in [0, 0.1) is 5.92 Å². The molecule has 4 unspecified atom stereocenters. The van der Waals surface area contributed by atoms with Gasteiger partial charge in [0, 0.05) is 48.3 Å². The maximum Gasteiger partial charge on any atom is 0.197 e. The lowest BCUT2D eigenvalue weighted by atomic mass is 9.69. The molecule has 55 heavy (non-hydrogen) atoms. The van der Waals surface area contributed by atoms with Crippen molar-refractivity contribution < 1.29 is 49.0 Å². The van der Waals surface area contributed by atoms with Crippen molar-refractivity contribution >= 4 is 39.9 Å². The maximum absolute atomic E-state index is 15.1. The molecule has 12 heteroatoms. The molecule has 3 aromatic carbocycles. The Hall–Kier alpha value is -6.14. The zero-order chi connectivity index (χ0) is 39.5. The van der Waals surface area contributed by atoms with Crippen molar-refractivity contribution in [1.82, 2.24) is 4.57 Å². The van der Waals surface area contributed by atoms with E-state index >= 15 is 4.79 Å². The van der Waals surface area contributed by atoms with Gasteiger partial charge in [-0.3, -0.25) is 19.2 Å². The average molecular weight is 746 g/mol. The van der Waals surface area contributed by atoms with Crippen molar-refractivity contribution in [2.75, 3.05) is 7.11 Å². The number of allylic oxidation sites excluding steroid dienone is 4. The smallest absolute Gasteiger partial charge is 0.197 e. The van der Waals surface area contributed by atoms with Crippen LogP contribution in [0.2, 0.25) is 0 Å². The number of aromatic hydroxyl groups is 3. The highest BCUT2D eigenvalue weighted by Gasteiger charge is 2.54. The van der Waals surface area contributed by atoms with Gasteiger partial charge in [0.1, 0.15) is 51.8 Å². The highest BCUT2D eigenvalue weighted by atomic mass is 16.5. The number of hydrogen-bond donors (Lipinski definition) is 4. The van der Waals surface area contributed by atoms with Crippen LogP contribution in [0.3, 0.4) is 0 Å². The summed E-state index contributed by atoms with van der Waals surface area (Å²) in [6, 6.07) is 8.76. The SMILES string of the molecule is COc1cc(O)c2c(c1C1=CC(C)=CC3c4c(n(C)c5c6c(cc(O)c5c4=O)OC(C)(C)C=C6)CC(O)(C(C)=O)C(=O)C13)OC(c1ccc(O)cc1)CC2=O. The number of hydrogen-bond acceptors (Lipinski definition) is 11. The first-order valence-corrected chi connectivity index (χ1v) is 17.9. The predicted molar refractivity (Wildman–Crippen MR) is 202 cm³/mol. The van der Waals surface area contributed by atoms with Gasteiger partial charge < -0.3 is 39.2 Å². The molecular weight excluding hydrogens is 706 g/mol. The number of nitrogens with zero attached hydrogens (tertiary/aromatic N) is 1. The summed E-state index contributed by atoms with van der Waals surface area (Å²) in [6.07, 6.45) is 5.44. The fraction of sp³-hybridized carbons (Fsp3) is 0.302. The van der Waals surface area contributed by atoms with Crippen LogP contribution >= 0.6 is 0 Å². The molecule has 0 saturated heterocycles. The molecule has 0 saturated carbocycles. The molecular formula is C43H39NO11. The van der Waals surface area contributed by atoms with Crippen molar-refractivity contribution in [3.8, 4) is 34.5 Å². The highest BCUT2D eigenvalue weighted by molar-refractivity contribution is 6.16. The average Bonchev–Trinajstić information content (AvgIpc) is 3.21. The number of carbonyl (C=O) groups excluding carboxylic acids is 3. The summed E-state index contributed by atoms with van der Waals surface area (Å²) in [5.41, 5.74) is -1.48. The number of ether oxygens (including phenoxy) is 3. The molecule has 2 aliphatic heterocycles. The van der Waals surface area contributed by atoms with Crippen molar-refractivity contribution in [2.24, 2.45) is 13.0 Å². The molecule has 0 bridgehead atoms. The van der Waals surface area contributed by atoms with E-state index in [0.717, 1.165) is 6.92 Å². The van der Waals surface area contributed by atoms with E-state index in [1.807, 2.05) is 19.9 Å². The quantitative estimate of drug-likeness (QED) is 0.187. The van der Waals surface area contributed by atoms with Crippen LogP contribution in [0.1, 0.15) is 84.4 Å². The second-order valence-corrected chi connectivity index (χ2v) is 15.3. The molecule has 4 N–H and O–H groups in total. The first-order valence-electron chi connectivity index (χ1n) is 17.9. The first-order chi connectivity index (χ1) is 26.0. The molecule has 1 aromatic heterocycles. The number of ketones is 3. The summed E-state index contributed by atoms with van der Waals surface area (Å²) in [5, 5.41) is 44.8. The number of carbonyl (C=O) groups is 3. The van der Waals surface area contributed by atoms with E-state index in [1.54, 1.807) is 48.9 Å². The Morgan fingerprint density at radius 3 is 2.40 bits per heavy atom. The summed E-state index contributed by atoms with van der Waals surface area (Å²) in [6.45, 7) is 6.57. The van der Waals surface area contributed by atoms with E-state index in [1.165, 1.54) is 31.4 Å². The molecule has 0 fully saturated rings. The van der Waals surface area contributed by atoms with Crippen molar-refractivity contribution in [2.45, 2.75) is 63.8 Å². The van der Waals surface area contributed by atoms with Crippen molar-refractivity contribution in [3.05, 3.63) is 104 Å². The molecule has 282 valence electrons. The topological polar surface area (TPSA) is 182 Å². The van der Waals surface area contributed by atoms with Crippen LogP contribution < -0.4 is 19.6 Å². The number of phenols is 3. The normalized spacial score (nSPS) is 23.6. The number of rotatable bonds is 4. The Labute approximate surface area is 315 Å². The molecule has 12 nitrogen and oxygen atoms in total. The number of Topliss-reactive ketones (excluding diaryl/α,β-unsaturated/α-hetero) is 3. The molecule has 2 aliphatic carbocycles. The van der Waals surface area contributed by atoms with Gasteiger partial charge in [0.2, 0.25) is 0 Å². The zero-order valence-electron chi connectivity index (χ0n) is 31.0. The molecule has 4 aromatic rings. The molecule has 0 spiro atoms. The van der Waals surface area contributed by atoms with E-state index in [4.69, 9.17) is 14.2 Å². The predicted octanol–water partition coefficient (Wildman–Crippen LogP) is 5.74. The molecule has 4 atom stereocenters. The van der Waals surface area contributed by atoms with E-state index < -0.39 is 64.1 Å². The number of aromatic nitrogens is 1. The lowest BCUT2D eigenvalue weighted by molar-refractivity contribution is -0.151. The lowest BCUT2D eigenvalue weighted by Gasteiger charge is -2.35. The number of pyridine rings is 1. The Kier molecular flexibility index (Phi) is 7.95. The lowest BCUT2D eigenvalue weighted by Crippen LogP contribution is -2.50. The van der Waals surface area contributed by atoms with Gasteiger partial charge in [-0.05, 0) is 63.1 Å². The summed E-state index contributed by atoms with van der Waals surface area (Å²) in [5.74, 6) is -5.15. The van der Waals surface area contributed by atoms with Gasteiger partial charge in [0.25, 0.3) is 0 Å². The largest absolute Gasteiger partial charge is 0.508 e. The summed E-state index contributed by atoms with van der Waals surface area (Å²) < 4.78 is 20.1. The summed E-state index contributed by atoms with van der Waals surface area (Å²) in [7, 11) is 2.99. The molecule has 3 heterocycles. The standard InChI is InChI=1S/C43H39NO11/c1-19-13-24-33(25(14-19)35-32(53-6)17-28(48)36-27(47)15-30(54-40(35)36)21-7-9-22(46)10-8-21)41(51)43(52,20(2)45)18-26-34(24)39(50)37-29(49)16-31-23(38(37)44(26)5)11-12-42(3,4)55-31/h7-14,16-17,24,30,33,46,48-49,52H,15,18H2,1-6H3. The van der Waals surface area contributed by atoms with Crippen LogP contribution in [-0.2, 0) is 23.1 Å². The third-order valence-electron chi connectivity index (χ3n) is 11.3. The van der Waals surface area contributed by atoms with Crippen LogP contribution in [0.15, 0.2) is 65.0 Å². The van der Waals surface area contributed by atoms with Crippen LogP contribution in [0.4, 0.5) is 0 Å².